The second-order valence-corrected chi connectivity index (χ2v) is 10.1. The third-order valence-corrected chi connectivity index (χ3v) is 7.00. The summed E-state index contributed by atoms with van der Waals surface area (Å²) in [6.07, 6.45) is -0.806. The van der Waals surface area contributed by atoms with Gasteiger partial charge in [0.15, 0.2) is 0 Å². The maximum absolute atomic E-state index is 14.1. The lowest BCUT2D eigenvalue weighted by Gasteiger charge is -2.43. The first-order chi connectivity index (χ1) is 18.2. The molecule has 4 rings (SSSR count). The third-order valence-electron chi connectivity index (χ3n) is 7.00. The number of carboxylic acid groups (broad SMARTS) is 1. The third kappa shape index (κ3) is 5.90. The van der Waals surface area contributed by atoms with Crippen LogP contribution in [-0.2, 0) is 25.6 Å². The van der Waals surface area contributed by atoms with Crippen molar-refractivity contribution in [2.45, 2.75) is 32.9 Å². The van der Waals surface area contributed by atoms with Crippen LogP contribution in [0.25, 0.3) is 11.0 Å². The average Bonchev–Trinajstić information content (AvgIpc) is 3.29. The molecule has 2 fully saturated rings. The maximum atomic E-state index is 14.1. The highest BCUT2D eigenvalue weighted by atomic mass is 16.5. The van der Waals surface area contributed by atoms with Crippen molar-refractivity contribution in [3.05, 3.63) is 30.1 Å². The van der Waals surface area contributed by atoms with Crippen LogP contribution in [-0.4, -0.2) is 112 Å². The molecule has 0 spiro atoms. The molecule has 3 amide bonds. The Bertz CT molecular complexity index is 1190. The number of methoxy groups -OCH3 is 1. The fourth-order valence-electron chi connectivity index (χ4n) is 5.19. The van der Waals surface area contributed by atoms with Gasteiger partial charge in [-0.15, -0.1) is 0 Å². The van der Waals surface area contributed by atoms with Gasteiger partial charge in [0.25, 0.3) is 5.91 Å². The Morgan fingerprint density at radius 2 is 1.84 bits per heavy atom. The van der Waals surface area contributed by atoms with Crippen molar-refractivity contribution in [1.29, 1.82) is 0 Å². The molecule has 0 saturated carbocycles. The average molecular weight is 530 g/mol. The Labute approximate surface area is 221 Å². The number of rotatable bonds is 7. The number of ether oxygens (including phenoxy) is 2. The Balaban J connectivity index is 1.69. The van der Waals surface area contributed by atoms with E-state index in [1.807, 2.05) is 13.8 Å². The van der Waals surface area contributed by atoms with E-state index in [0.717, 1.165) is 0 Å². The molecule has 38 heavy (non-hydrogen) atoms. The minimum atomic E-state index is -1.13. The number of piperidine rings is 1. The van der Waals surface area contributed by atoms with Gasteiger partial charge in [-0.3, -0.25) is 14.4 Å². The lowest BCUT2D eigenvalue weighted by atomic mass is 9.91. The van der Waals surface area contributed by atoms with E-state index in [2.05, 4.69) is 4.98 Å². The maximum Gasteiger partial charge on any atom is 0.407 e. The lowest BCUT2D eigenvalue weighted by molar-refractivity contribution is -0.142. The smallest absolute Gasteiger partial charge is 0.407 e. The highest BCUT2D eigenvalue weighted by Gasteiger charge is 2.41. The SMILES string of the molecule is COC(=O)Cn1c(C(=O)N(CC(C)C)[C@H]2C[C@@H](C(=O)N3CCOCC3)CN(C(=O)O)C2)nc2ccccc21. The highest BCUT2D eigenvalue weighted by Crippen LogP contribution is 2.27. The quantitative estimate of drug-likeness (QED) is 0.534. The summed E-state index contributed by atoms with van der Waals surface area (Å²) in [5.74, 6) is -1.53. The predicted octanol–water partition coefficient (Wildman–Crippen LogP) is 1.53. The number of carbonyl (C=O) groups is 4. The molecule has 12 nitrogen and oxygen atoms in total. The summed E-state index contributed by atoms with van der Waals surface area (Å²) in [5, 5.41) is 9.86. The van der Waals surface area contributed by atoms with Crippen LogP contribution in [0.5, 0.6) is 0 Å². The molecule has 2 aliphatic heterocycles. The summed E-state index contributed by atoms with van der Waals surface area (Å²) in [6, 6.07) is 6.59. The lowest BCUT2D eigenvalue weighted by Crippen LogP contribution is -2.58. The summed E-state index contributed by atoms with van der Waals surface area (Å²) in [4.78, 5) is 60.8. The molecule has 2 atom stereocenters. The van der Waals surface area contributed by atoms with Gasteiger partial charge in [-0.2, -0.15) is 0 Å². The fraction of sp³-hybridized carbons (Fsp3) is 0.577. The van der Waals surface area contributed by atoms with E-state index in [9.17, 15) is 24.3 Å². The zero-order valence-corrected chi connectivity index (χ0v) is 22.0. The van der Waals surface area contributed by atoms with Gasteiger partial charge in [0.05, 0.1) is 43.3 Å². The van der Waals surface area contributed by atoms with Gasteiger partial charge in [0.2, 0.25) is 11.7 Å². The molecule has 2 aromatic rings. The first kappa shape index (κ1) is 27.4. The van der Waals surface area contributed by atoms with Gasteiger partial charge < -0.3 is 33.8 Å². The molecule has 1 N–H and O–H groups in total. The van der Waals surface area contributed by atoms with Crippen LogP contribution >= 0.6 is 0 Å². The van der Waals surface area contributed by atoms with Gasteiger partial charge in [0.1, 0.15) is 6.54 Å². The number of nitrogens with zero attached hydrogens (tertiary/aromatic N) is 5. The van der Waals surface area contributed by atoms with Crippen LogP contribution in [0.4, 0.5) is 4.79 Å². The molecule has 1 aromatic carbocycles. The number of carbonyl (C=O) groups excluding carboxylic acids is 3. The molecule has 2 saturated heterocycles. The van der Waals surface area contributed by atoms with E-state index in [1.54, 1.807) is 34.1 Å². The minimum absolute atomic E-state index is 0.0611. The molecule has 12 heteroatoms. The second kappa shape index (κ2) is 11.8. The van der Waals surface area contributed by atoms with Crippen molar-refractivity contribution < 1.29 is 33.8 Å². The van der Waals surface area contributed by atoms with Crippen molar-refractivity contribution in [3.63, 3.8) is 0 Å². The van der Waals surface area contributed by atoms with E-state index >= 15 is 0 Å². The van der Waals surface area contributed by atoms with Gasteiger partial charge in [-0.1, -0.05) is 26.0 Å². The Hall–Kier alpha value is -3.67. The summed E-state index contributed by atoms with van der Waals surface area (Å²) in [5.41, 5.74) is 1.17. The van der Waals surface area contributed by atoms with Crippen molar-refractivity contribution >= 4 is 34.9 Å². The molecule has 1 aromatic heterocycles. The van der Waals surface area contributed by atoms with Gasteiger partial charge in [-0.05, 0) is 24.5 Å². The number of morpholine rings is 1. The van der Waals surface area contributed by atoms with Crippen LogP contribution in [0.3, 0.4) is 0 Å². The molecule has 0 unspecified atom stereocenters. The minimum Gasteiger partial charge on any atom is -0.468 e. The van der Waals surface area contributed by atoms with E-state index < -0.39 is 29.9 Å². The number of hydrogen-bond donors (Lipinski definition) is 1. The number of imidazole rings is 1. The number of para-hydroxylation sites is 2. The van der Waals surface area contributed by atoms with Crippen molar-refractivity contribution in [1.82, 2.24) is 24.3 Å². The summed E-state index contributed by atoms with van der Waals surface area (Å²) >= 11 is 0. The van der Waals surface area contributed by atoms with Gasteiger partial charge in [0, 0.05) is 32.7 Å². The molecular weight excluding hydrogens is 494 g/mol. The Kier molecular flexibility index (Phi) is 8.50. The van der Waals surface area contributed by atoms with Gasteiger partial charge >= 0.3 is 12.1 Å². The van der Waals surface area contributed by atoms with Gasteiger partial charge in [-0.25, -0.2) is 9.78 Å². The van der Waals surface area contributed by atoms with E-state index in [-0.39, 0.29) is 37.3 Å². The van der Waals surface area contributed by atoms with Crippen LogP contribution in [0.15, 0.2) is 24.3 Å². The molecule has 2 aliphatic rings. The fourth-order valence-corrected chi connectivity index (χ4v) is 5.19. The zero-order valence-electron chi connectivity index (χ0n) is 22.0. The molecular formula is C26H35N5O7. The summed E-state index contributed by atoms with van der Waals surface area (Å²) < 4.78 is 11.7. The molecule has 0 bridgehead atoms. The largest absolute Gasteiger partial charge is 0.468 e. The highest BCUT2D eigenvalue weighted by molar-refractivity contribution is 5.96. The van der Waals surface area contributed by atoms with Crippen molar-refractivity contribution in [2.75, 3.05) is 53.0 Å². The number of amides is 3. The topological polar surface area (TPSA) is 135 Å². The number of benzene rings is 1. The van der Waals surface area contributed by atoms with Crippen LogP contribution in [0.1, 0.15) is 30.9 Å². The standard InChI is InChI=1S/C26H35N5O7/c1-17(2)13-30(25(34)23-27-20-6-4-5-7-21(20)31(23)16-22(32)37-3)19-12-18(14-29(15-19)26(35)36)24(33)28-8-10-38-11-9-28/h4-7,17-19H,8-16H2,1-3H3,(H,35,36)/t18-,19+/m1/s1. The predicted molar refractivity (Wildman–Crippen MR) is 137 cm³/mol. The molecule has 0 radical (unpaired) electrons. The summed E-state index contributed by atoms with van der Waals surface area (Å²) in [7, 11) is 1.28. The number of fused-ring (bicyclic) bond motifs is 1. The van der Waals surface area contributed by atoms with Crippen LogP contribution < -0.4 is 0 Å². The van der Waals surface area contributed by atoms with Crippen LogP contribution in [0, 0.1) is 11.8 Å². The molecule has 206 valence electrons. The molecule has 3 heterocycles. The van der Waals surface area contributed by atoms with Crippen molar-refractivity contribution in [2.24, 2.45) is 11.8 Å². The summed E-state index contributed by atoms with van der Waals surface area (Å²) in [6.45, 7) is 6.02. The molecule has 0 aliphatic carbocycles. The number of aromatic nitrogens is 2. The number of hydrogen-bond acceptors (Lipinski definition) is 7. The zero-order chi connectivity index (χ0) is 27.4. The first-order valence-corrected chi connectivity index (χ1v) is 12.9. The first-order valence-electron chi connectivity index (χ1n) is 12.9. The monoisotopic (exact) mass is 529 g/mol. The normalized spacial score (nSPS) is 20.0. The Morgan fingerprint density at radius 3 is 2.50 bits per heavy atom. The van der Waals surface area contributed by atoms with E-state index in [1.165, 1.54) is 16.6 Å². The van der Waals surface area contributed by atoms with Crippen LogP contribution in [0.2, 0.25) is 0 Å². The number of likely N-dealkylation sites (tertiary alicyclic amines) is 1. The van der Waals surface area contributed by atoms with Crippen molar-refractivity contribution in [3.8, 4) is 0 Å². The van der Waals surface area contributed by atoms with E-state index in [4.69, 9.17) is 9.47 Å². The number of esters is 1. The second-order valence-electron chi connectivity index (χ2n) is 10.1. The Morgan fingerprint density at radius 1 is 1.13 bits per heavy atom. The van der Waals surface area contributed by atoms with E-state index in [0.29, 0.717) is 50.3 Å².